The molecule has 0 saturated heterocycles. The lowest BCUT2D eigenvalue weighted by atomic mass is 10.0. The summed E-state index contributed by atoms with van der Waals surface area (Å²) in [5.41, 5.74) is 0. The molecule has 2 unspecified atom stereocenters. The van der Waals surface area contributed by atoms with Gasteiger partial charge in [-0.3, -0.25) is 4.79 Å². The summed E-state index contributed by atoms with van der Waals surface area (Å²) >= 11 is 7.79. The van der Waals surface area contributed by atoms with Crippen molar-refractivity contribution in [1.82, 2.24) is 4.72 Å². The Morgan fingerprint density at radius 3 is 2.48 bits per heavy atom. The van der Waals surface area contributed by atoms with Crippen LogP contribution in [0, 0.1) is 5.92 Å². The largest absolute Gasteiger partial charge is 0.481 e. The van der Waals surface area contributed by atoms with Crippen LogP contribution in [0.15, 0.2) is 18.5 Å². The molecule has 1 aromatic heterocycles. The van der Waals surface area contributed by atoms with Crippen LogP contribution < -0.4 is 4.72 Å². The van der Waals surface area contributed by atoms with Gasteiger partial charge in [0.15, 0.2) is 0 Å². The molecule has 1 rings (SSSR count). The van der Waals surface area contributed by atoms with E-state index in [1.807, 2.05) is 0 Å². The number of nitrogens with one attached hydrogen (secondary N) is 1. The van der Waals surface area contributed by atoms with Gasteiger partial charge in [-0.1, -0.05) is 13.3 Å². The van der Waals surface area contributed by atoms with Gasteiger partial charge in [0.1, 0.15) is 4.90 Å². The summed E-state index contributed by atoms with van der Waals surface area (Å²) < 4.78 is 28.4. The number of sulfonamides is 1. The average Bonchev–Trinajstić information content (AvgIpc) is 2.68. The van der Waals surface area contributed by atoms with Gasteiger partial charge in [-0.15, -0.1) is 11.3 Å². The second kappa shape index (κ2) is 8.05. The molecule has 120 valence electrons. The number of carboxylic acid groups (broad SMARTS) is 1. The molecule has 0 aromatic carbocycles. The minimum absolute atomic E-state index is 0.213. The predicted molar refractivity (Wildman–Crippen MR) is 90.2 cm³/mol. The quantitative estimate of drug-likeness (QED) is 0.614. The van der Waals surface area contributed by atoms with Crippen LogP contribution in [-0.2, 0) is 14.8 Å². The topological polar surface area (TPSA) is 83.5 Å². The molecule has 9 heteroatoms. The zero-order valence-electron chi connectivity index (χ0n) is 11.6. The molecule has 0 aliphatic carbocycles. The predicted octanol–water partition coefficient (Wildman–Crippen LogP) is 3.83. The lowest BCUT2D eigenvalue weighted by Gasteiger charge is -2.14. The number of hydrogen-bond acceptors (Lipinski definition) is 4. The third kappa shape index (κ3) is 5.97. The summed E-state index contributed by atoms with van der Waals surface area (Å²) in [6.07, 6.45) is 1.79. The third-order valence-electron chi connectivity index (χ3n) is 2.97. The van der Waals surface area contributed by atoms with Crippen molar-refractivity contribution >= 4 is 59.2 Å². The van der Waals surface area contributed by atoms with Crippen molar-refractivity contribution in [3.8, 4) is 0 Å². The van der Waals surface area contributed by atoms with E-state index in [2.05, 4.69) is 36.6 Å². The van der Waals surface area contributed by atoms with E-state index in [1.54, 1.807) is 19.9 Å². The van der Waals surface area contributed by atoms with Crippen molar-refractivity contribution in [1.29, 1.82) is 0 Å². The average molecular weight is 463 g/mol. The van der Waals surface area contributed by atoms with Crippen molar-refractivity contribution in [2.75, 3.05) is 0 Å². The summed E-state index contributed by atoms with van der Waals surface area (Å²) in [5.74, 6) is -1.23. The summed E-state index contributed by atoms with van der Waals surface area (Å²) in [7, 11) is -3.57. The third-order valence-corrected chi connectivity index (χ3v) is 7.31. The Hall–Kier alpha value is 0.0400. The van der Waals surface area contributed by atoms with Crippen molar-refractivity contribution < 1.29 is 18.3 Å². The lowest BCUT2D eigenvalue weighted by molar-refractivity contribution is -0.141. The van der Waals surface area contributed by atoms with Gasteiger partial charge in [0.05, 0.1) is 13.5 Å². The molecule has 0 fully saturated rings. The molecule has 0 bridgehead atoms. The SMILES string of the molecule is CC(CCCC(C)C(=O)O)NS(=O)(=O)c1cc(Br)sc1Br. The minimum atomic E-state index is -3.57. The molecule has 21 heavy (non-hydrogen) atoms. The first kappa shape index (κ1) is 19.1. The number of carboxylic acids is 1. The Morgan fingerprint density at radius 1 is 1.38 bits per heavy atom. The van der Waals surface area contributed by atoms with Crippen molar-refractivity contribution in [3.63, 3.8) is 0 Å². The summed E-state index contributed by atoms with van der Waals surface area (Å²) in [5, 5.41) is 8.80. The molecular formula is C12H17Br2NO4S2. The van der Waals surface area contributed by atoms with Crippen molar-refractivity contribution in [2.24, 2.45) is 5.92 Å². The Labute approximate surface area is 145 Å². The highest BCUT2D eigenvalue weighted by Crippen LogP contribution is 2.34. The molecule has 0 radical (unpaired) electrons. The van der Waals surface area contributed by atoms with Crippen LogP contribution in [0.2, 0.25) is 0 Å². The first-order valence-electron chi connectivity index (χ1n) is 6.33. The van der Waals surface area contributed by atoms with Gasteiger partial charge in [0.25, 0.3) is 0 Å². The Bertz CT molecular complexity index is 600. The molecule has 0 aliphatic heterocycles. The molecular weight excluding hydrogens is 446 g/mol. The van der Waals surface area contributed by atoms with Crippen LogP contribution in [0.5, 0.6) is 0 Å². The number of hydrogen-bond donors (Lipinski definition) is 2. The Kier molecular flexibility index (Phi) is 7.32. The molecule has 0 spiro atoms. The maximum Gasteiger partial charge on any atom is 0.306 e. The van der Waals surface area contributed by atoms with Gasteiger partial charge in [0.2, 0.25) is 10.0 Å². The van der Waals surface area contributed by atoms with Gasteiger partial charge in [-0.2, -0.15) is 0 Å². The normalized spacial score (nSPS) is 14.9. The van der Waals surface area contributed by atoms with Crippen LogP contribution >= 0.6 is 43.2 Å². The van der Waals surface area contributed by atoms with E-state index in [1.165, 1.54) is 11.3 Å². The first-order chi connectivity index (χ1) is 9.63. The monoisotopic (exact) mass is 461 g/mol. The van der Waals surface area contributed by atoms with E-state index in [9.17, 15) is 13.2 Å². The second-order valence-corrected chi connectivity index (χ2v) is 10.3. The maximum absolute atomic E-state index is 12.2. The van der Waals surface area contributed by atoms with Gasteiger partial charge in [0, 0.05) is 6.04 Å². The van der Waals surface area contributed by atoms with Gasteiger partial charge in [-0.25, -0.2) is 13.1 Å². The second-order valence-electron chi connectivity index (χ2n) is 4.88. The van der Waals surface area contributed by atoms with Crippen molar-refractivity contribution in [2.45, 2.75) is 44.0 Å². The van der Waals surface area contributed by atoms with E-state index in [-0.39, 0.29) is 10.9 Å². The summed E-state index contributed by atoms with van der Waals surface area (Å²) in [6, 6.07) is 1.30. The maximum atomic E-state index is 12.2. The first-order valence-corrected chi connectivity index (χ1v) is 10.2. The zero-order chi connectivity index (χ0) is 16.2. The van der Waals surface area contributed by atoms with Gasteiger partial charge < -0.3 is 5.11 Å². The lowest BCUT2D eigenvalue weighted by Crippen LogP contribution is -2.32. The smallest absolute Gasteiger partial charge is 0.306 e. The fourth-order valence-corrected chi connectivity index (χ4v) is 6.84. The standard InChI is InChI=1S/C12H17Br2NO4S2/c1-7(12(16)17)4-3-5-8(2)15-21(18,19)9-6-10(13)20-11(9)14/h6-8,15H,3-5H2,1-2H3,(H,16,17). The van der Waals surface area contributed by atoms with E-state index in [4.69, 9.17) is 5.11 Å². The van der Waals surface area contributed by atoms with E-state index >= 15 is 0 Å². The fraction of sp³-hybridized carbons (Fsp3) is 0.583. The molecule has 0 amide bonds. The van der Waals surface area contributed by atoms with E-state index in [0.717, 1.165) is 3.79 Å². The molecule has 0 aliphatic rings. The van der Waals surface area contributed by atoms with Crippen LogP contribution in [0.4, 0.5) is 0 Å². The van der Waals surface area contributed by atoms with Crippen LogP contribution in [-0.4, -0.2) is 25.5 Å². The highest BCUT2D eigenvalue weighted by atomic mass is 79.9. The van der Waals surface area contributed by atoms with E-state index < -0.39 is 21.9 Å². The number of aliphatic carboxylic acids is 1. The number of thiophene rings is 1. The number of halogens is 2. The van der Waals surface area contributed by atoms with Gasteiger partial charge >= 0.3 is 5.97 Å². The van der Waals surface area contributed by atoms with Crippen LogP contribution in [0.1, 0.15) is 33.1 Å². The minimum Gasteiger partial charge on any atom is -0.481 e. The molecule has 2 N–H and O–H groups in total. The Morgan fingerprint density at radius 2 is 2.00 bits per heavy atom. The highest BCUT2D eigenvalue weighted by Gasteiger charge is 2.22. The Balaban J connectivity index is 2.56. The molecule has 2 atom stereocenters. The number of rotatable bonds is 8. The fourth-order valence-electron chi connectivity index (χ4n) is 1.75. The molecule has 1 aromatic rings. The van der Waals surface area contributed by atoms with Crippen LogP contribution in [0.3, 0.4) is 0 Å². The van der Waals surface area contributed by atoms with Crippen LogP contribution in [0.25, 0.3) is 0 Å². The van der Waals surface area contributed by atoms with Crippen molar-refractivity contribution in [3.05, 3.63) is 13.6 Å². The molecule has 5 nitrogen and oxygen atoms in total. The zero-order valence-corrected chi connectivity index (χ0v) is 16.4. The molecule has 0 saturated carbocycles. The highest BCUT2D eigenvalue weighted by molar-refractivity contribution is 9.12. The summed E-state index contributed by atoms with van der Waals surface area (Å²) in [6.45, 7) is 3.43. The summed E-state index contributed by atoms with van der Waals surface area (Å²) in [4.78, 5) is 10.9. The molecule has 1 heterocycles. The van der Waals surface area contributed by atoms with Gasteiger partial charge in [-0.05, 0) is 57.7 Å². The number of carbonyl (C=O) groups is 1. The van der Waals surface area contributed by atoms with E-state index in [0.29, 0.717) is 23.0 Å².